The van der Waals surface area contributed by atoms with E-state index in [1.165, 1.54) is 5.39 Å². The van der Waals surface area contributed by atoms with Crippen molar-refractivity contribution in [1.29, 1.82) is 0 Å². The second kappa shape index (κ2) is 6.33. The molecule has 0 saturated carbocycles. The number of rotatable bonds is 6. The third kappa shape index (κ3) is 3.31. The monoisotopic (exact) mass is 252 g/mol. The highest BCUT2D eigenvalue weighted by Gasteiger charge is 2.12. The molecule has 1 nitrogen and oxygen atoms in total. The van der Waals surface area contributed by atoms with Crippen LogP contribution in [0.5, 0.6) is 0 Å². The highest BCUT2D eigenvalue weighted by atomic mass is 16.1. The second-order valence-electron chi connectivity index (χ2n) is 4.97. The van der Waals surface area contributed by atoms with Crippen LogP contribution in [0, 0.1) is 5.92 Å². The molecule has 2 aromatic carbocycles. The zero-order valence-electron chi connectivity index (χ0n) is 11.4. The highest BCUT2D eigenvalue weighted by Crippen LogP contribution is 2.20. The van der Waals surface area contributed by atoms with Crippen molar-refractivity contribution in [3.8, 4) is 0 Å². The van der Waals surface area contributed by atoms with Crippen LogP contribution in [0.3, 0.4) is 0 Å². The fourth-order valence-electron chi connectivity index (χ4n) is 2.39. The normalized spacial score (nSPS) is 12.3. The minimum Gasteiger partial charge on any atom is -0.294 e. The van der Waals surface area contributed by atoms with Gasteiger partial charge < -0.3 is 0 Å². The lowest BCUT2D eigenvalue weighted by Gasteiger charge is -2.10. The van der Waals surface area contributed by atoms with Crippen LogP contribution in [-0.4, -0.2) is 5.78 Å². The Hall–Kier alpha value is -1.89. The summed E-state index contributed by atoms with van der Waals surface area (Å²) in [6, 6.07) is 14.1. The maximum atomic E-state index is 12.3. The predicted molar refractivity (Wildman–Crippen MR) is 81.5 cm³/mol. The Morgan fingerprint density at radius 3 is 2.63 bits per heavy atom. The van der Waals surface area contributed by atoms with Gasteiger partial charge in [-0.2, -0.15) is 0 Å². The maximum absolute atomic E-state index is 12.3. The zero-order valence-corrected chi connectivity index (χ0v) is 11.4. The highest BCUT2D eigenvalue weighted by molar-refractivity contribution is 6.00. The number of Topliss-reactive ketones (excluding diaryl/α,β-unsaturated/α-hetero) is 1. The number of benzene rings is 2. The van der Waals surface area contributed by atoms with Gasteiger partial charge in [-0.25, -0.2) is 0 Å². The predicted octanol–water partition coefficient (Wildman–Crippen LogP) is 5.01. The molecule has 0 heterocycles. The van der Waals surface area contributed by atoms with Crippen molar-refractivity contribution < 1.29 is 4.79 Å². The zero-order chi connectivity index (χ0) is 13.7. The van der Waals surface area contributed by atoms with Crippen LogP contribution in [0.1, 0.15) is 36.5 Å². The minimum absolute atomic E-state index is 0.212. The third-order valence-electron chi connectivity index (χ3n) is 3.51. The van der Waals surface area contributed by atoms with Crippen molar-refractivity contribution in [3.63, 3.8) is 0 Å². The van der Waals surface area contributed by atoms with Crippen LogP contribution in [0.25, 0.3) is 10.8 Å². The van der Waals surface area contributed by atoms with E-state index in [9.17, 15) is 4.79 Å². The van der Waals surface area contributed by atoms with E-state index in [2.05, 4.69) is 19.6 Å². The summed E-state index contributed by atoms with van der Waals surface area (Å²) in [7, 11) is 0. The molecule has 0 radical (unpaired) electrons. The molecular formula is C18H20O. The molecule has 0 aliphatic carbocycles. The van der Waals surface area contributed by atoms with Crippen LogP contribution in [0.15, 0.2) is 55.1 Å². The molecule has 0 unspecified atom stereocenters. The van der Waals surface area contributed by atoms with Gasteiger partial charge in [0.05, 0.1) is 0 Å². The summed E-state index contributed by atoms with van der Waals surface area (Å²) in [6.45, 7) is 5.96. The average molecular weight is 252 g/mol. The quantitative estimate of drug-likeness (QED) is 0.521. The molecule has 0 amide bonds. The van der Waals surface area contributed by atoms with E-state index in [4.69, 9.17) is 0 Å². The molecular weight excluding hydrogens is 232 g/mol. The van der Waals surface area contributed by atoms with Crippen LogP contribution in [-0.2, 0) is 0 Å². The molecule has 0 saturated heterocycles. The molecule has 19 heavy (non-hydrogen) atoms. The molecule has 2 aromatic rings. The number of carbonyl (C=O) groups is 1. The van der Waals surface area contributed by atoms with Gasteiger partial charge in [-0.3, -0.25) is 4.79 Å². The molecule has 1 heteroatoms. The summed E-state index contributed by atoms with van der Waals surface area (Å²) in [5, 5.41) is 2.30. The first kappa shape index (κ1) is 13.5. The molecule has 1 atom stereocenters. The lowest BCUT2D eigenvalue weighted by Crippen LogP contribution is -2.06. The van der Waals surface area contributed by atoms with Crippen molar-refractivity contribution in [2.24, 2.45) is 5.92 Å². The van der Waals surface area contributed by atoms with E-state index >= 15 is 0 Å². The van der Waals surface area contributed by atoms with Gasteiger partial charge in [0.2, 0.25) is 0 Å². The van der Waals surface area contributed by atoms with Crippen molar-refractivity contribution in [3.05, 3.63) is 60.7 Å². The van der Waals surface area contributed by atoms with Crippen molar-refractivity contribution in [2.45, 2.75) is 26.2 Å². The SMILES string of the molecule is C=C[C@@H](CCC)CC(=O)c1ccc2ccccc2c1. The largest absolute Gasteiger partial charge is 0.294 e. The van der Waals surface area contributed by atoms with Gasteiger partial charge in [-0.15, -0.1) is 6.58 Å². The summed E-state index contributed by atoms with van der Waals surface area (Å²) in [6.07, 6.45) is 4.59. The second-order valence-corrected chi connectivity index (χ2v) is 4.97. The molecule has 0 spiro atoms. The number of carbonyl (C=O) groups excluding carboxylic acids is 1. The summed E-state index contributed by atoms with van der Waals surface area (Å²) in [5.41, 5.74) is 0.807. The fraction of sp³-hybridized carbons (Fsp3) is 0.278. The molecule has 0 bridgehead atoms. The molecule has 0 N–H and O–H groups in total. The van der Waals surface area contributed by atoms with Crippen molar-refractivity contribution in [2.75, 3.05) is 0 Å². The van der Waals surface area contributed by atoms with Gasteiger partial charge in [0.25, 0.3) is 0 Å². The van der Waals surface area contributed by atoms with Crippen molar-refractivity contribution in [1.82, 2.24) is 0 Å². The Balaban J connectivity index is 2.19. The average Bonchev–Trinajstić information content (AvgIpc) is 2.46. The Labute approximate surface area is 115 Å². The fourth-order valence-corrected chi connectivity index (χ4v) is 2.39. The number of fused-ring (bicyclic) bond motifs is 1. The first-order valence-electron chi connectivity index (χ1n) is 6.89. The van der Waals surface area contributed by atoms with Gasteiger partial charge in [0.1, 0.15) is 0 Å². The van der Waals surface area contributed by atoms with E-state index in [1.807, 2.05) is 42.5 Å². The van der Waals surface area contributed by atoms with Gasteiger partial charge >= 0.3 is 0 Å². The van der Waals surface area contributed by atoms with E-state index < -0.39 is 0 Å². The molecule has 0 aliphatic heterocycles. The summed E-state index contributed by atoms with van der Waals surface area (Å²) < 4.78 is 0. The van der Waals surface area contributed by atoms with Crippen LogP contribution < -0.4 is 0 Å². The Bertz CT molecular complexity index is 583. The lowest BCUT2D eigenvalue weighted by atomic mass is 9.93. The maximum Gasteiger partial charge on any atom is 0.163 e. The Kier molecular flexibility index (Phi) is 4.51. The molecule has 0 aliphatic rings. The standard InChI is InChI=1S/C18H20O/c1-3-7-14(4-2)12-18(19)17-11-10-15-8-5-6-9-16(15)13-17/h4-6,8-11,13-14H,2-3,7,12H2,1H3/t14-/m0/s1. The number of hydrogen-bond donors (Lipinski definition) is 0. The van der Waals surface area contributed by atoms with E-state index in [-0.39, 0.29) is 5.78 Å². The molecule has 0 fully saturated rings. The number of hydrogen-bond acceptors (Lipinski definition) is 1. The molecule has 98 valence electrons. The topological polar surface area (TPSA) is 17.1 Å². The number of allylic oxidation sites excluding steroid dienone is 1. The molecule has 2 rings (SSSR count). The first-order valence-corrected chi connectivity index (χ1v) is 6.89. The summed E-state index contributed by atoms with van der Waals surface area (Å²) >= 11 is 0. The first-order chi connectivity index (χ1) is 9.24. The van der Waals surface area contributed by atoms with Gasteiger partial charge in [0.15, 0.2) is 5.78 Å². The van der Waals surface area contributed by atoms with Crippen LogP contribution in [0.2, 0.25) is 0 Å². The van der Waals surface area contributed by atoms with Gasteiger partial charge in [-0.05, 0) is 29.2 Å². The summed E-state index contributed by atoms with van der Waals surface area (Å²) in [4.78, 5) is 12.3. The third-order valence-corrected chi connectivity index (χ3v) is 3.51. The Morgan fingerprint density at radius 1 is 1.21 bits per heavy atom. The van der Waals surface area contributed by atoms with E-state index in [1.54, 1.807) is 0 Å². The number of ketones is 1. The summed E-state index contributed by atoms with van der Waals surface area (Å²) in [5.74, 6) is 0.507. The van der Waals surface area contributed by atoms with Crippen LogP contribution in [0.4, 0.5) is 0 Å². The van der Waals surface area contributed by atoms with E-state index in [0.717, 1.165) is 23.8 Å². The Morgan fingerprint density at radius 2 is 1.95 bits per heavy atom. The minimum atomic E-state index is 0.212. The smallest absolute Gasteiger partial charge is 0.163 e. The van der Waals surface area contributed by atoms with Gasteiger partial charge in [0, 0.05) is 12.0 Å². The van der Waals surface area contributed by atoms with Crippen molar-refractivity contribution >= 4 is 16.6 Å². The van der Waals surface area contributed by atoms with Crippen LogP contribution >= 0.6 is 0 Å². The van der Waals surface area contributed by atoms with Gasteiger partial charge in [-0.1, -0.05) is 55.8 Å². The van der Waals surface area contributed by atoms with E-state index in [0.29, 0.717) is 12.3 Å². The lowest BCUT2D eigenvalue weighted by molar-refractivity contribution is 0.0968. The molecule has 0 aromatic heterocycles.